The minimum atomic E-state index is -1.66. The molecule has 0 unspecified atom stereocenters. The van der Waals surface area contributed by atoms with Gasteiger partial charge in [-0.1, -0.05) is 0 Å². The maximum Gasteiger partial charge on any atom is 0.143 e. The Balaban J connectivity index is 1.65. The molecule has 0 atom stereocenters. The van der Waals surface area contributed by atoms with Gasteiger partial charge in [-0.3, -0.25) is 4.90 Å². The molecule has 2 fully saturated rings. The summed E-state index contributed by atoms with van der Waals surface area (Å²) < 4.78 is 37.9. The number of hydrogen-bond donors (Lipinski definition) is 1. The summed E-state index contributed by atoms with van der Waals surface area (Å²) in [5.74, 6) is 0.671. The van der Waals surface area contributed by atoms with Crippen molar-refractivity contribution in [2.45, 2.75) is 18.9 Å². The number of rotatable bonds is 3. The summed E-state index contributed by atoms with van der Waals surface area (Å²) in [5, 5.41) is 0. The SMILES string of the molecule is [2H]C1([2H])CN(C2CCN(c3ccc(N)c(OC)c3)CC2)CC([2H])([2H])N1C. The Morgan fingerprint density at radius 2 is 1.86 bits per heavy atom. The lowest BCUT2D eigenvalue weighted by Gasteiger charge is -2.42. The van der Waals surface area contributed by atoms with Gasteiger partial charge < -0.3 is 20.3 Å². The number of benzene rings is 1. The van der Waals surface area contributed by atoms with Gasteiger partial charge in [0.15, 0.2) is 0 Å². The number of anilines is 2. The highest BCUT2D eigenvalue weighted by Gasteiger charge is 2.26. The van der Waals surface area contributed by atoms with Crippen LogP contribution in [0, 0.1) is 0 Å². The first-order valence-electron chi connectivity index (χ1n) is 9.80. The molecule has 2 N–H and O–H groups in total. The van der Waals surface area contributed by atoms with Crippen LogP contribution < -0.4 is 15.4 Å². The topological polar surface area (TPSA) is 45.0 Å². The van der Waals surface area contributed by atoms with Crippen LogP contribution in [-0.2, 0) is 0 Å². The highest BCUT2D eigenvalue weighted by molar-refractivity contribution is 5.62. The van der Waals surface area contributed by atoms with E-state index in [0.29, 0.717) is 11.4 Å². The molecule has 2 saturated heterocycles. The number of nitrogens with zero attached hydrogens (tertiary/aromatic N) is 3. The van der Waals surface area contributed by atoms with Gasteiger partial charge in [0.05, 0.1) is 12.8 Å². The minimum absolute atomic E-state index is 0.195. The predicted octanol–water partition coefficient (Wildman–Crippen LogP) is 1.49. The van der Waals surface area contributed by atoms with Crippen LogP contribution in [-0.4, -0.2) is 69.2 Å². The van der Waals surface area contributed by atoms with Crippen LogP contribution in [0.5, 0.6) is 5.75 Å². The molecule has 2 heterocycles. The third kappa shape index (κ3) is 3.31. The lowest BCUT2D eigenvalue weighted by Crippen LogP contribution is -2.52. The van der Waals surface area contributed by atoms with Gasteiger partial charge in [0, 0.05) is 62.5 Å². The fraction of sp³-hybridized carbons (Fsp3) is 0.647. The highest BCUT2D eigenvalue weighted by atomic mass is 16.5. The number of piperidine rings is 1. The molecule has 0 amide bonds. The maximum atomic E-state index is 8.15. The second-order valence-electron chi connectivity index (χ2n) is 5.92. The molecule has 0 bridgehead atoms. The molecule has 0 aromatic heterocycles. The minimum Gasteiger partial charge on any atom is -0.495 e. The van der Waals surface area contributed by atoms with Crippen molar-refractivity contribution in [3.05, 3.63) is 18.2 Å². The zero-order valence-electron chi connectivity index (χ0n) is 17.4. The molecule has 0 spiro atoms. The van der Waals surface area contributed by atoms with Crippen LogP contribution in [0.2, 0.25) is 0 Å². The van der Waals surface area contributed by atoms with Crippen LogP contribution in [0.15, 0.2) is 18.2 Å². The molecule has 0 radical (unpaired) electrons. The molecule has 3 rings (SSSR count). The maximum absolute atomic E-state index is 8.15. The van der Waals surface area contributed by atoms with Crippen molar-refractivity contribution in [2.24, 2.45) is 0 Å². The van der Waals surface area contributed by atoms with E-state index in [1.54, 1.807) is 7.11 Å². The van der Waals surface area contributed by atoms with Crippen LogP contribution in [0.1, 0.15) is 18.3 Å². The summed E-state index contributed by atoms with van der Waals surface area (Å²) in [5.41, 5.74) is 7.57. The highest BCUT2D eigenvalue weighted by Crippen LogP contribution is 2.30. The first-order valence-corrected chi connectivity index (χ1v) is 7.80. The largest absolute Gasteiger partial charge is 0.495 e. The molecule has 122 valence electrons. The van der Waals surface area contributed by atoms with Crippen molar-refractivity contribution in [1.82, 2.24) is 9.80 Å². The second kappa shape index (κ2) is 6.75. The predicted molar refractivity (Wildman–Crippen MR) is 91.7 cm³/mol. The summed E-state index contributed by atoms with van der Waals surface area (Å²) in [7, 11) is 3.13. The number of methoxy groups -OCH3 is 1. The smallest absolute Gasteiger partial charge is 0.143 e. The van der Waals surface area contributed by atoms with Gasteiger partial charge in [0.1, 0.15) is 5.75 Å². The Bertz CT molecular complexity index is 632. The Labute approximate surface area is 139 Å². The summed E-state index contributed by atoms with van der Waals surface area (Å²) in [6.45, 7) is -1.16. The average molecular weight is 308 g/mol. The molecule has 1 aromatic carbocycles. The Morgan fingerprint density at radius 1 is 1.18 bits per heavy atom. The van der Waals surface area contributed by atoms with Crippen molar-refractivity contribution in [1.29, 1.82) is 0 Å². The van der Waals surface area contributed by atoms with E-state index in [9.17, 15) is 0 Å². The van der Waals surface area contributed by atoms with Crippen molar-refractivity contribution < 1.29 is 10.2 Å². The Kier molecular flexibility index (Phi) is 3.42. The molecule has 5 nitrogen and oxygen atoms in total. The normalized spacial score (nSPS) is 29.3. The number of nitrogens with two attached hydrogens (primary N) is 1. The molecule has 0 aliphatic carbocycles. The van der Waals surface area contributed by atoms with Crippen LogP contribution in [0.4, 0.5) is 11.4 Å². The summed E-state index contributed by atoms with van der Waals surface area (Å²) in [6.07, 6.45) is 1.76. The number of likely N-dealkylation sites (N-methyl/N-ethyl adjacent to an activating group) is 1. The fourth-order valence-electron chi connectivity index (χ4n) is 3.15. The van der Waals surface area contributed by atoms with Gasteiger partial charge in [-0.25, -0.2) is 0 Å². The standard InChI is InChI=1S/C17H28N4O/c1-19-9-11-21(12-10-19)14-5-7-20(8-6-14)15-3-4-16(18)17(13-15)22-2/h3-4,13-14H,5-12,18H2,1-2H3/i9D2,10D2. The molecule has 0 saturated carbocycles. The fourth-order valence-corrected chi connectivity index (χ4v) is 3.15. The van der Waals surface area contributed by atoms with E-state index in [2.05, 4.69) is 4.90 Å². The van der Waals surface area contributed by atoms with Crippen molar-refractivity contribution >= 4 is 11.4 Å². The molecular formula is C17H28N4O. The van der Waals surface area contributed by atoms with Crippen LogP contribution >= 0.6 is 0 Å². The van der Waals surface area contributed by atoms with Gasteiger partial charge >= 0.3 is 0 Å². The molecular weight excluding hydrogens is 276 g/mol. The second-order valence-corrected chi connectivity index (χ2v) is 5.92. The summed E-state index contributed by atoms with van der Waals surface area (Å²) in [6, 6.07) is 5.98. The quantitative estimate of drug-likeness (QED) is 0.857. The summed E-state index contributed by atoms with van der Waals surface area (Å²) >= 11 is 0. The number of nitrogen functional groups attached to an aromatic ring is 1. The van der Waals surface area contributed by atoms with Crippen LogP contribution in [0.3, 0.4) is 0 Å². The zero-order valence-corrected chi connectivity index (χ0v) is 13.4. The van der Waals surface area contributed by atoms with Crippen molar-refractivity contribution in [3.63, 3.8) is 0 Å². The van der Waals surface area contributed by atoms with Gasteiger partial charge in [-0.05, 0) is 32.0 Å². The Hall–Kier alpha value is -1.46. The van der Waals surface area contributed by atoms with Gasteiger partial charge in [-0.15, -0.1) is 0 Å². The molecule has 2 aliphatic heterocycles. The average Bonchev–Trinajstić information content (AvgIpc) is 2.59. The van der Waals surface area contributed by atoms with E-state index in [1.165, 1.54) is 11.9 Å². The first-order chi connectivity index (χ1) is 12.1. The van der Waals surface area contributed by atoms with E-state index in [-0.39, 0.29) is 19.1 Å². The lowest BCUT2D eigenvalue weighted by molar-refractivity contribution is 0.0982. The third-order valence-electron chi connectivity index (χ3n) is 4.59. The van der Waals surface area contributed by atoms with E-state index < -0.39 is 13.0 Å². The van der Waals surface area contributed by atoms with Gasteiger partial charge in [-0.2, -0.15) is 0 Å². The van der Waals surface area contributed by atoms with E-state index in [0.717, 1.165) is 31.6 Å². The molecule has 5 heteroatoms. The number of hydrogen-bond acceptors (Lipinski definition) is 5. The van der Waals surface area contributed by atoms with Crippen molar-refractivity contribution in [3.8, 4) is 5.75 Å². The lowest BCUT2D eigenvalue weighted by atomic mass is 10.0. The van der Waals surface area contributed by atoms with Gasteiger partial charge in [0.25, 0.3) is 0 Å². The van der Waals surface area contributed by atoms with E-state index >= 15 is 0 Å². The first kappa shape index (κ1) is 11.1. The van der Waals surface area contributed by atoms with Crippen LogP contribution in [0.25, 0.3) is 0 Å². The van der Waals surface area contributed by atoms with Gasteiger partial charge in [0.2, 0.25) is 0 Å². The van der Waals surface area contributed by atoms with E-state index in [4.69, 9.17) is 16.0 Å². The molecule has 1 aromatic rings. The monoisotopic (exact) mass is 308 g/mol. The third-order valence-corrected chi connectivity index (χ3v) is 4.59. The van der Waals surface area contributed by atoms with E-state index in [1.807, 2.05) is 23.1 Å². The molecule has 22 heavy (non-hydrogen) atoms. The number of ether oxygens (including phenoxy) is 1. The van der Waals surface area contributed by atoms with Crippen molar-refractivity contribution in [2.75, 3.05) is 64.0 Å². The number of piperazine rings is 1. The zero-order chi connectivity index (χ0) is 19.1. The molecule has 2 aliphatic rings. The Morgan fingerprint density at radius 3 is 2.50 bits per heavy atom. The summed E-state index contributed by atoms with van der Waals surface area (Å²) in [4.78, 5) is 5.48.